The van der Waals surface area contributed by atoms with Crippen molar-refractivity contribution in [3.05, 3.63) is 62.5 Å². The summed E-state index contributed by atoms with van der Waals surface area (Å²) in [5.74, 6) is 0. The van der Waals surface area contributed by atoms with Gasteiger partial charge in [-0.05, 0) is 0 Å². The van der Waals surface area contributed by atoms with Gasteiger partial charge in [-0.1, -0.05) is 0 Å². The van der Waals surface area contributed by atoms with Gasteiger partial charge in [0.2, 0.25) is 0 Å². The fraction of sp³-hybridized carbons (Fsp3) is 0.294. The van der Waals surface area contributed by atoms with Crippen LogP contribution in [0.5, 0.6) is 0 Å². The molecule has 0 aromatic heterocycles. The van der Waals surface area contributed by atoms with E-state index in [1.54, 1.807) is 14.4 Å². The molecule has 0 radical (unpaired) electrons. The molecule has 0 bridgehead atoms. The van der Waals surface area contributed by atoms with Crippen molar-refractivity contribution in [3.8, 4) is 0 Å². The van der Waals surface area contributed by atoms with Gasteiger partial charge in [-0.25, -0.2) is 0 Å². The van der Waals surface area contributed by atoms with Crippen molar-refractivity contribution in [2.24, 2.45) is 0 Å². The molecule has 2 aliphatic rings. The second kappa shape index (κ2) is 4.46. The third-order valence-electron chi connectivity index (χ3n) is 4.36. The Labute approximate surface area is 121 Å². The first kappa shape index (κ1) is 12.4. The van der Waals surface area contributed by atoms with Gasteiger partial charge >= 0.3 is 122 Å². The van der Waals surface area contributed by atoms with E-state index in [4.69, 9.17) is 0 Å². The average molecular weight is 314 g/mol. The summed E-state index contributed by atoms with van der Waals surface area (Å²) in [5, 5.41) is 0. The Kier molecular flexibility index (Phi) is 3.06. The molecule has 1 atom stereocenters. The van der Waals surface area contributed by atoms with Crippen LogP contribution in [0.2, 0.25) is 0 Å². The molecule has 0 amide bonds. The van der Waals surface area contributed by atoms with Gasteiger partial charge in [0, 0.05) is 0 Å². The Bertz CT molecular complexity index is 589. The topological polar surface area (TPSA) is 0 Å². The number of hydrogen-bond acceptors (Lipinski definition) is 0. The Morgan fingerprint density at radius 3 is 2.67 bits per heavy atom. The summed E-state index contributed by atoms with van der Waals surface area (Å²) in [6, 6.07) is 9.01. The van der Waals surface area contributed by atoms with Crippen LogP contribution >= 0.6 is 0 Å². The Morgan fingerprint density at radius 1 is 1.17 bits per heavy atom. The quantitative estimate of drug-likeness (QED) is 0.746. The fourth-order valence-electron chi connectivity index (χ4n) is 3.05. The van der Waals surface area contributed by atoms with E-state index in [1.807, 2.05) is 0 Å². The first-order valence-electron chi connectivity index (χ1n) is 6.54. The zero-order valence-electron chi connectivity index (χ0n) is 11.2. The number of benzene rings is 1. The molecule has 3 rings (SSSR count). The molecule has 0 spiro atoms. The van der Waals surface area contributed by atoms with Gasteiger partial charge in [0.1, 0.15) is 0 Å². The molecule has 90 valence electrons. The minimum atomic E-state index is -0.600. The summed E-state index contributed by atoms with van der Waals surface area (Å²) in [4.78, 5) is 0. The van der Waals surface area contributed by atoms with Crippen molar-refractivity contribution in [3.63, 3.8) is 0 Å². The predicted octanol–water partition coefficient (Wildman–Crippen LogP) is 4.64. The minimum absolute atomic E-state index is 0.363. The molecule has 0 nitrogen and oxygen atoms in total. The Balaban J connectivity index is 2.06. The maximum absolute atomic E-state index is 2.48. The molecule has 1 unspecified atom stereocenters. The van der Waals surface area contributed by atoms with E-state index in [0.717, 1.165) is 0 Å². The molecule has 1 heteroatoms. The summed E-state index contributed by atoms with van der Waals surface area (Å²) in [6.07, 6.45) is 8.09. The molecule has 2 aliphatic carbocycles. The van der Waals surface area contributed by atoms with Gasteiger partial charge < -0.3 is 0 Å². The second-order valence-electron chi connectivity index (χ2n) is 5.37. The number of fused-ring (bicyclic) bond motifs is 1. The van der Waals surface area contributed by atoms with Crippen LogP contribution in [0.25, 0.3) is 5.57 Å². The van der Waals surface area contributed by atoms with Crippen LogP contribution in [-0.4, -0.2) is 0 Å². The SMILES string of the molecule is CC1=C(C)[C](C)([Zr][C]2=CC=CC2)c2ccccc21. The summed E-state index contributed by atoms with van der Waals surface area (Å²) < 4.78 is 2.09. The molecule has 0 saturated carbocycles. The zero-order chi connectivity index (χ0) is 12.8. The molecule has 0 aliphatic heterocycles. The van der Waals surface area contributed by atoms with Crippen LogP contribution in [0.3, 0.4) is 0 Å². The van der Waals surface area contributed by atoms with Crippen LogP contribution < -0.4 is 0 Å². The molecule has 0 heterocycles. The van der Waals surface area contributed by atoms with Crippen molar-refractivity contribution in [2.45, 2.75) is 30.3 Å². The van der Waals surface area contributed by atoms with Crippen molar-refractivity contribution in [1.29, 1.82) is 0 Å². The van der Waals surface area contributed by atoms with Crippen molar-refractivity contribution >= 4 is 5.57 Å². The van der Waals surface area contributed by atoms with Crippen molar-refractivity contribution < 1.29 is 23.2 Å². The number of rotatable bonds is 2. The molecule has 1 aromatic carbocycles. The molecular formula is C17H18Zr. The standard InChI is InChI=1S/C12H13.C5H5.Zr/c1-8-9(2)11-6-4-5-7-12(11)10(8)3;1-2-4-5-3-1;/h4-7H,1-3H3;1-3H,4H2;. The van der Waals surface area contributed by atoms with Gasteiger partial charge in [-0.15, -0.1) is 0 Å². The van der Waals surface area contributed by atoms with E-state index in [-0.39, 0.29) is 0 Å². The molecule has 0 N–H and O–H groups in total. The molecule has 1 aromatic rings. The summed E-state index contributed by atoms with van der Waals surface area (Å²) in [5.41, 5.74) is 6.20. The van der Waals surface area contributed by atoms with Crippen LogP contribution in [0.4, 0.5) is 0 Å². The van der Waals surface area contributed by atoms with E-state index < -0.39 is 23.2 Å². The number of hydrogen-bond donors (Lipinski definition) is 0. The van der Waals surface area contributed by atoms with Crippen molar-refractivity contribution in [1.82, 2.24) is 0 Å². The molecule has 18 heavy (non-hydrogen) atoms. The van der Waals surface area contributed by atoms with Gasteiger partial charge in [0.15, 0.2) is 0 Å². The predicted molar refractivity (Wildman–Crippen MR) is 73.9 cm³/mol. The van der Waals surface area contributed by atoms with E-state index >= 15 is 0 Å². The van der Waals surface area contributed by atoms with Gasteiger partial charge in [0.05, 0.1) is 0 Å². The van der Waals surface area contributed by atoms with E-state index in [0.29, 0.717) is 3.12 Å². The van der Waals surface area contributed by atoms with Crippen molar-refractivity contribution in [2.75, 3.05) is 0 Å². The normalized spacial score (nSPS) is 25.4. The van der Waals surface area contributed by atoms with Gasteiger partial charge in [-0.3, -0.25) is 0 Å². The van der Waals surface area contributed by atoms with E-state index in [1.165, 1.54) is 17.6 Å². The Morgan fingerprint density at radius 2 is 1.94 bits per heavy atom. The van der Waals surface area contributed by atoms with Gasteiger partial charge in [0.25, 0.3) is 0 Å². The van der Waals surface area contributed by atoms with Crippen LogP contribution in [0, 0.1) is 0 Å². The van der Waals surface area contributed by atoms with E-state index in [2.05, 4.69) is 63.3 Å². The summed E-state index contributed by atoms with van der Waals surface area (Å²) >= 11 is -0.600. The third kappa shape index (κ3) is 1.75. The summed E-state index contributed by atoms with van der Waals surface area (Å²) in [7, 11) is 0. The first-order chi connectivity index (χ1) is 8.63. The molecule has 0 fully saturated rings. The summed E-state index contributed by atoms with van der Waals surface area (Å²) in [6.45, 7) is 7.11. The maximum atomic E-state index is 2.48. The van der Waals surface area contributed by atoms with Crippen LogP contribution in [0.1, 0.15) is 38.3 Å². The van der Waals surface area contributed by atoms with Crippen LogP contribution in [-0.2, 0) is 26.4 Å². The average Bonchev–Trinajstić information content (AvgIpc) is 2.94. The van der Waals surface area contributed by atoms with Crippen LogP contribution in [0.15, 0.2) is 51.3 Å². The molecular weight excluding hydrogens is 295 g/mol. The second-order valence-corrected chi connectivity index (χ2v) is 10.0. The first-order valence-corrected chi connectivity index (χ1v) is 9.00. The fourth-order valence-corrected chi connectivity index (χ4v) is 7.40. The molecule has 0 saturated heterocycles. The number of allylic oxidation sites excluding steroid dienone is 6. The third-order valence-corrected chi connectivity index (χ3v) is 8.88. The van der Waals surface area contributed by atoms with Gasteiger partial charge in [-0.2, -0.15) is 0 Å². The zero-order valence-corrected chi connectivity index (χ0v) is 13.7. The Hall–Kier alpha value is -0.677. The van der Waals surface area contributed by atoms with E-state index in [9.17, 15) is 0 Å². The monoisotopic (exact) mass is 312 g/mol.